The Bertz CT molecular complexity index is 407. The molecule has 2 N–H and O–H groups in total. The molecule has 106 valence electrons. The molecule has 3 unspecified atom stereocenters. The van der Waals surface area contributed by atoms with Crippen molar-refractivity contribution in [3.05, 3.63) is 35.6 Å². The lowest BCUT2D eigenvalue weighted by molar-refractivity contribution is 0.0976. The van der Waals surface area contributed by atoms with Crippen molar-refractivity contribution in [2.45, 2.75) is 44.7 Å². The van der Waals surface area contributed by atoms with E-state index in [0.717, 1.165) is 5.56 Å². The molecule has 19 heavy (non-hydrogen) atoms. The molecule has 2 nitrogen and oxygen atoms in total. The minimum absolute atomic E-state index is 0.0215. The van der Waals surface area contributed by atoms with Gasteiger partial charge in [-0.25, -0.2) is 4.39 Å². The van der Waals surface area contributed by atoms with Crippen molar-refractivity contribution in [1.29, 1.82) is 0 Å². The smallest absolute Gasteiger partial charge is 0.128 e. The second kappa shape index (κ2) is 6.49. The van der Waals surface area contributed by atoms with Gasteiger partial charge in [0.1, 0.15) is 5.82 Å². The second-order valence-corrected chi connectivity index (χ2v) is 5.77. The zero-order chi connectivity index (χ0) is 13.8. The normalized spacial score (nSPS) is 25.5. The number of nitrogens with zero attached hydrogens (tertiary/aromatic N) is 1. The fourth-order valence-corrected chi connectivity index (χ4v) is 3.39. The molecule has 0 aromatic heterocycles. The molecular formula is C16H25FN2. The highest BCUT2D eigenvalue weighted by Gasteiger charge is 2.30. The number of benzene rings is 1. The van der Waals surface area contributed by atoms with Crippen LogP contribution in [-0.2, 0) is 0 Å². The van der Waals surface area contributed by atoms with Gasteiger partial charge in [0.25, 0.3) is 0 Å². The summed E-state index contributed by atoms with van der Waals surface area (Å²) < 4.78 is 14.0. The number of hydrogen-bond acceptors (Lipinski definition) is 2. The highest BCUT2D eigenvalue weighted by atomic mass is 19.1. The average molecular weight is 264 g/mol. The molecule has 1 saturated carbocycles. The summed E-state index contributed by atoms with van der Waals surface area (Å²) in [5, 5.41) is 0. The van der Waals surface area contributed by atoms with Crippen molar-refractivity contribution >= 4 is 0 Å². The zero-order valence-corrected chi connectivity index (χ0v) is 12.0. The molecule has 3 atom stereocenters. The van der Waals surface area contributed by atoms with E-state index < -0.39 is 0 Å². The van der Waals surface area contributed by atoms with Crippen LogP contribution in [0.5, 0.6) is 0 Å². The van der Waals surface area contributed by atoms with Gasteiger partial charge in [0.2, 0.25) is 0 Å². The molecule has 1 aromatic rings. The Morgan fingerprint density at radius 2 is 2.00 bits per heavy atom. The van der Waals surface area contributed by atoms with Crippen LogP contribution >= 0.6 is 0 Å². The highest BCUT2D eigenvalue weighted by molar-refractivity contribution is 5.22. The van der Waals surface area contributed by atoms with Crippen LogP contribution < -0.4 is 5.73 Å². The van der Waals surface area contributed by atoms with E-state index in [1.165, 1.54) is 31.7 Å². The van der Waals surface area contributed by atoms with Crippen LogP contribution in [0.25, 0.3) is 0 Å². The van der Waals surface area contributed by atoms with Gasteiger partial charge in [0.05, 0.1) is 0 Å². The van der Waals surface area contributed by atoms with Crippen LogP contribution in [0, 0.1) is 11.7 Å². The molecule has 0 bridgehead atoms. The van der Waals surface area contributed by atoms with E-state index in [2.05, 4.69) is 18.9 Å². The zero-order valence-electron chi connectivity index (χ0n) is 12.0. The topological polar surface area (TPSA) is 29.3 Å². The standard InChI is InChI=1S/C16H25FN2/c1-12-7-3-6-10-15(12)19(2)16(11-18)13-8-4-5-9-14(13)17/h4-5,8-9,12,15-16H,3,6-7,10-11,18H2,1-2H3. The predicted molar refractivity (Wildman–Crippen MR) is 77.4 cm³/mol. The van der Waals surface area contributed by atoms with Gasteiger partial charge in [-0.05, 0) is 31.9 Å². The molecule has 0 aliphatic heterocycles. The lowest BCUT2D eigenvalue weighted by Crippen LogP contribution is -2.43. The Labute approximate surface area is 115 Å². The molecular weight excluding hydrogens is 239 g/mol. The van der Waals surface area contributed by atoms with Crippen LogP contribution in [0.2, 0.25) is 0 Å². The van der Waals surface area contributed by atoms with Crippen molar-refractivity contribution in [3.8, 4) is 0 Å². The van der Waals surface area contributed by atoms with E-state index in [4.69, 9.17) is 5.73 Å². The third-order valence-corrected chi connectivity index (χ3v) is 4.57. The van der Waals surface area contributed by atoms with Crippen LogP contribution in [0.4, 0.5) is 4.39 Å². The van der Waals surface area contributed by atoms with Gasteiger partial charge in [-0.2, -0.15) is 0 Å². The summed E-state index contributed by atoms with van der Waals surface area (Å²) >= 11 is 0. The van der Waals surface area contributed by atoms with Gasteiger partial charge in [0, 0.05) is 24.2 Å². The van der Waals surface area contributed by atoms with Crippen molar-refractivity contribution < 1.29 is 4.39 Å². The van der Waals surface area contributed by atoms with Gasteiger partial charge in [-0.15, -0.1) is 0 Å². The van der Waals surface area contributed by atoms with Crippen molar-refractivity contribution in [1.82, 2.24) is 4.90 Å². The minimum atomic E-state index is -0.145. The molecule has 0 amide bonds. The SMILES string of the molecule is CC1CCCCC1N(C)C(CN)c1ccccc1F. The first-order chi connectivity index (χ1) is 9.15. The first-order valence-corrected chi connectivity index (χ1v) is 7.31. The summed E-state index contributed by atoms with van der Waals surface area (Å²) in [7, 11) is 2.09. The Hall–Kier alpha value is -0.930. The van der Waals surface area contributed by atoms with E-state index in [0.29, 0.717) is 18.5 Å². The van der Waals surface area contributed by atoms with Gasteiger partial charge in [-0.1, -0.05) is 38.0 Å². The first-order valence-electron chi connectivity index (χ1n) is 7.31. The largest absolute Gasteiger partial charge is 0.329 e. The van der Waals surface area contributed by atoms with E-state index in [9.17, 15) is 4.39 Å². The van der Waals surface area contributed by atoms with Gasteiger partial charge >= 0.3 is 0 Å². The summed E-state index contributed by atoms with van der Waals surface area (Å²) in [6, 6.07) is 7.50. The monoisotopic (exact) mass is 264 g/mol. The number of rotatable bonds is 4. The summed E-state index contributed by atoms with van der Waals surface area (Å²) in [6.07, 6.45) is 5.05. The predicted octanol–water partition coefficient (Wildman–Crippen LogP) is 3.34. The maximum atomic E-state index is 14.0. The van der Waals surface area contributed by atoms with E-state index >= 15 is 0 Å². The molecule has 1 fully saturated rings. The maximum absolute atomic E-state index is 14.0. The molecule has 1 aromatic carbocycles. The van der Waals surface area contributed by atoms with Crippen LogP contribution in [0.3, 0.4) is 0 Å². The van der Waals surface area contributed by atoms with Crippen molar-refractivity contribution in [2.75, 3.05) is 13.6 Å². The molecule has 0 spiro atoms. The third-order valence-electron chi connectivity index (χ3n) is 4.57. The fraction of sp³-hybridized carbons (Fsp3) is 0.625. The number of halogens is 1. The van der Waals surface area contributed by atoms with Gasteiger partial charge < -0.3 is 5.73 Å². The Morgan fingerprint density at radius 3 is 2.63 bits per heavy atom. The molecule has 3 heteroatoms. The lowest BCUT2D eigenvalue weighted by Gasteiger charge is -2.40. The Balaban J connectivity index is 2.19. The first kappa shape index (κ1) is 14.5. The number of likely N-dealkylation sites (N-methyl/N-ethyl adjacent to an activating group) is 1. The van der Waals surface area contributed by atoms with Crippen molar-refractivity contribution in [3.63, 3.8) is 0 Å². The van der Waals surface area contributed by atoms with Gasteiger partial charge in [-0.3, -0.25) is 4.90 Å². The summed E-state index contributed by atoms with van der Waals surface area (Å²) in [5.41, 5.74) is 6.65. The second-order valence-electron chi connectivity index (χ2n) is 5.77. The Morgan fingerprint density at radius 1 is 1.32 bits per heavy atom. The van der Waals surface area contributed by atoms with E-state index in [1.54, 1.807) is 6.07 Å². The molecule has 0 saturated heterocycles. The average Bonchev–Trinajstić information content (AvgIpc) is 2.42. The molecule has 0 radical (unpaired) electrons. The summed E-state index contributed by atoms with van der Waals surface area (Å²) in [5.74, 6) is 0.521. The van der Waals surface area contributed by atoms with E-state index in [-0.39, 0.29) is 11.9 Å². The third kappa shape index (κ3) is 3.15. The van der Waals surface area contributed by atoms with Gasteiger partial charge in [0.15, 0.2) is 0 Å². The molecule has 1 aliphatic carbocycles. The van der Waals surface area contributed by atoms with Crippen molar-refractivity contribution in [2.24, 2.45) is 11.7 Å². The number of nitrogens with two attached hydrogens (primary N) is 1. The van der Waals surface area contributed by atoms with Crippen LogP contribution in [0.1, 0.15) is 44.2 Å². The maximum Gasteiger partial charge on any atom is 0.128 e. The minimum Gasteiger partial charge on any atom is -0.329 e. The highest BCUT2D eigenvalue weighted by Crippen LogP contribution is 2.32. The van der Waals surface area contributed by atoms with Crippen LogP contribution in [0.15, 0.2) is 24.3 Å². The lowest BCUT2D eigenvalue weighted by atomic mass is 9.84. The summed E-state index contributed by atoms with van der Waals surface area (Å²) in [6.45, 7) is 2.76. The van der Waals surface area contributed by atoms with Crippen LogP contribution in [-0.4, -0.2) is 24.5 Å². The quantitative estimate of drug-likeness (QED) is 0.903. The van der Waals surface area contributed by atoms with E-state index in [1.807, 2.05) is 12.1 Å². The molecule has 1 aliphatic rings. The Kier molecular flexibility index (Phi) is 4.94. The molecule has 0 heterocycles. The molecule has 2 rings (SSSR count). The number of hydrogen-bond donors (Lipinski definition) is 1. The fourth-order valence-electron chi connectivity index (χ4n) is 3.39. The summed E-state index contributed by atoms with van der Waals surface area (Å²) in [4.78, 5) is 2.29.